The van der Waals surface area contributed by atoms with Crippen LogP contribution in [0.4, 0.5) is 4.79 Å². The fourth-order valence-electron chi connectivity index (χ4n) is 6.28. The molecule has 224 valence electrons. The van der Waals surface area contributed by atoms with Crippen LogP contribution in [-0.2, 0) is 27.2 Å². The van der Waals surface area contributed by atoms with Crippen LogP contribution in [0.25, 0.3) is 10.9 Å². The zero-order valence-electron chi connectivity index (χ0n) is 23.4. The van der Waals surface area contributed by atoms with E-state index in [1.54, 1.807) is 19.1 Å². The third kappa shape index (κ3) is 6.92. The second kappa shape index (κ2) is 12.9. The highest BCUT2D eigenvalue weighted by Gasteiger charge is 2.46. The molecule has 1 fully saturated rings. The number of benzene rings is 1. The van der Waals surface area contributed by atoms with E-state index in [4.69, 9.17) is 28.9 Å². The first kappa shape index (κ1) is 31.0. The summed E-state index contributed by atoms with van der Waals surface area (Å²) in [7, 11) is 0. The van der Waals surface area contributed by atoms with E-state index in [0.29, 0.717) is 34.8 Å². The number of hydrogen-bond acceptors (Lipinski definition) is 4. The maximum Gasteiger partial charge on any atom is 0.405 e. The Labute approximate surface area is 249 Å². The molecule has 0 radical (unpaired) electrons. The summed E-state index contributed by atoms with van der Waals surface area (Å²) < 4.78 is 0. The molecule has 1 saturated carbocycles. The maximum absolute atomic E-state index is 14.2. The molecule has 41 heavy (non-hydrogen) atoms. The van der Waals surface area contributed by atoms with Crippen molar-refractivity contribution in [2.75, 3.05) is 0 Å². The molecule has 1 aromatic carbocycles. The maximum atomic E-state index is 14.2. The Morgan fingerprint density at radius 3 is 2.49 bits per heavy atom. The second-order valence-corrected chi connectivity index (χ2v) is 12.5. The predicted molar refractivity (Wildman–Crippen MR) is 158 cm³/mol. The van der Waals surface area contributed by atoms with Crippen molar-refractivity contribution in [2.45, 2.75) is 95.7 Å². The van der Waals surface area contributed by atoms with Crippen LogP contribution in [0.5, 0.6) is 0 Å². The molecule has 2 aromatic rings. The zero-order chi connectivity index (χ0) is 29.9. The van der Waals surface area contributed by atoms with Gasteiger partial charge in [0.15, 0.2) is 0 Å². The number of hydrogen-bond donors (Lipinski definition) is 6. The Balaban J connectivity index is 1.70. The third-order valence-corrected chi connectivity index (χ3v) is 9.33. The lowest BCUT2D eigenvalue weighted by Gasteiger charge is -2.39. The molecular formula is C29H39Cl2N5O5. The minimum Gasteiger partial charge on any atom is -0.465 e. The van der Waals surface area contributed by atoms with Crippen molar-refractivity contribution in [1.29, 1.82) is 0 Å². The molecular weight excluding hydrogens is 569 g/mol. The topological polar surface area (TPSA) is 166 Å². The summed E-state index contributed by atoms with van der Waals surface area (Å²) in [5.41, 5.74) is 6.61. The number of carboxylic acid groups (broad SMARTS) is 1. The van der Waals surface area contributed by atoms with E-state index < -0.39 is 41.4 Å². The van der Waals surface area contributed by atoms with Gasteiger partial charge in [-0.2, -0.15) is 0 Å². The Morgan fingerprint density at radius 2 is 1.85 bits per heavy atom. The van der Waals surface area contributed by atoms with Crippen LogP contribution in [0.1, 0.15) is 76.5 Å². The summed E-state index contributed by atoms with van der Waals surface area (Å²) in [6.45, 7) is 3.62. The summed E-state index contributed by atoms with van der Waals surface area (Å²) in [5.74, 6) is -1.83. The highest BCUT2D eigenvalue weighted by Crippen LogP contribution is 2.38. The van der Waals surface area contributed by atoms with Gasteiger partial charge in [0.2, 0.25) is 17.7 Å². The molecule has 2 aliphatic rings. The SMILES string of the molecule is CC[C@H](C)[C@H](NC(=O)O)C(=O)N[C@]1(C(=O)N[C@@H](CC2CCCCC2)C(N)=O)CCc2[nH]c3c(Cl)cc(Cl)cc3c2C1. The fraction of sp³-hybridized carbons (Fsp3) is 0.586. The number of rotatable bonds is 10. The zero-order valence-corrected chi connectivity index (χ0v) is 25.0. The van der Waals surface area contributed by atoms with Gasteiger partial charge >= 0.3 is 6.09 Å². The smallest absolute Gasteiger partial charge is 0.405 e. The Hall–Kier alpha value is -2.98. The minimum atomic E-state index is -1.47. The van der Waals surface area contributed by atoms with Gasteiger partial charge in [-0.15, -0.1) is 0 Å². The third-order valence-electron chi connectivity index (χ3n) is 8.81. The number of aromatic amines is 1. The quantitative estimate of drug-likeness (QED) is 0.234. The average Bonchev–Trinajstić information content (AvgIpc) is 3.29. The largest absolute Gasteiger partial charge is 0.465 e. The highest BCUT2D eigenvalue weighted by molar-refractivity contribution is 6.38. The molecule has 0 spiro atoms. The van der Waals surface area contributed by atoms with Crippen LogP contribution in [-0.4, -0.2) is 51.5 Å². The Bertz CT molecular complexity index is 1320. The van der Waals surface area contributed by atoms with Crippen molar-refractivity contribution in [3.8, 4) is 0 Å². The summed E-state index contributed by atoms with van der Waals surface area (Å²) in [5, 5.41) is 19.1. The van der Waals surface area contributed by atoms with Gasteiger partial charge in [0, 0.05) is 22.5 Å². The molecule has 4 rings (SSSR count). The molecule has 4 atom stereocenters. The number of amides is 4. The lowest BCUT2D eigenvalue weighted by molar-refractivity contribution is -0.137. The van der Waals surface area contributed by atoms with Crippen LogP contribution in [0.3, 0.4) is 0 Å². The monoisotopic (exact) mass is 607 g/mol. The molecule has 2 aliphatic carbocycles. The van der Waals surface area contributed by atoms with Crippen LogP contribution in [0, 0.1) is 11.8 Å². The molecule has 1 heterocycles. The van der Waals surface area contributed by atoms with Crippen molar-refractivity contribution < 1.29 is 24.3 Å². The molecule has 0 bridgehead atoms. The number of aryl methyl sites for hydroxylation is 1. The van der Waals surface area contributed by atoms with Gasteiger partial charge in [0.05, 0.1) is 10.5 Å². The Kier molecular flexibility index (Phi) is 9.74. The molecule has 0 saturated heterocycles. The number of halogens is 2. The fourth-order valence-corrected chi connectivity index (χ4v) is 6.82. The molecule has 4 amide bonds. The number of H-pyrrole nitrogens is 1. The number of carbonyl (C=O) groups excluding carboxylic acids is 3. The molecule has 0 unspecified atom stereocenters. The van der Waals surface area contributed by atoms with E-state index in [1.165, 1.54) is 0 Å². The van der Waals surface area contributed by atoms with Gasteiger partial charge in [-0.05, 0) is 48.8 Å². The first-order valence-electron chi connectivity index (χ1n) is 14.3. The number of carbonyl (C=O) groups is 4. The molecule has 1 aromatic heterocycles. The molecule has 7 N–H and O–H groups in total. The highest BCUT2D eigenvalue weighted by atomic mass is 35.5. The molecule has 0 aliphatic heterocycles. The van der Waals surface area contributed by atoms with Gasteiger partial charge in [-0.1, -0.05) is 75.6 Å². The molecule has 12 heteroatoms. The van der Waals surface area contributed by atoms with Gasteiger partial charge in [-0.3, -0.25) is 14.4 Å². The van der Waals surface area contributed by atoms with Crippen LogP contribution in [0.2, 0.25) is 10.0 Å². The van der Waals surface area contributed by atoms with Crippen LogP contribution >= 0.6 is 23.2 Å². The first-order valence-corrected chi connectivity index (χ1v) is 15.1. The van der Waals surface area contributed by atoms with E-state index in [1.807, 2.05) is 6.92 Å². The van der Waals surface area contributed by atoms with E-state index in [9.17, 15) is 24.3 Å². The number of fused-ring (bicyclic) bond motifs is 3. The first-order chi connectivity index (χ1) is 19.4. The number of nitrogens with one attached hydrogen (secondary N) is 4. The number of aromatic nitrogens is 1. The van der Waals surface area contributed by atoms with E-state index in [2.05, 4.69) is 20.9 Å². The van der Waals surface area contributed by atoms with Crippen molar-refractivity contribution >= 4 is 57.9 Å². The Morgan fingerprint density at radius 1 is 1.15 bits per heavy atom. The molecule has 10 nitrogen and oxygen atoms in total. The van der Waals surface area contributed by atoms with Crippen molar-refractivity contribution in [2.24, 2.45) is 17.6 Å². The summed E-state index contributed by atoms with van der Waals surface area (Å²) >= 11 is 12.8. The van der Waals surface area contributed by atoms with Crippen LogP contribution < -0.4 is 21.7 Å². The van der Waals surface area contributed by atoms with Crippen LogP contribution in [0.15, 0.2) is 12.1 Å². The predicted octanol–water partition coefficient (Wildman–Crippen LogP) is 4.44. The van der Waals surface area contributed by atoms with E-state index in [-0.39, 0.29) is 24.7 Å². The second-order valence-electron chi connectivity index (χ2n) is 11.6. The average molecular weight is 609 g/mol. The lowest BCUT2D eigenvalue weighted by Crippen LogP contribution is -2.66. The van der Waals surface area contributed by atoms with Gasteiger partial charge < -0.3 is 31.8 Å². The summed E-state index contributed by atoms with van der Waals surface area (Å²) in [6, 6.07) is 1.42. The van der Waals surface area contributed by atoms with Crippen molar-refractivity contribution in [3.63, 3.8) is 0 Å². The van der Waals surface area contributed by atoms with Crippen molar-refractivity contribution in [3.05, 3.63) is 33.4 Å². The summed E-state index contributed by atoms with van der Waals surface area (Å²) in [4.78, 5) is 55.2. The summed E-state index contributed by atoms with van der Waals surface area (Å²) in [6.07, 6.45) is 5.58. The van der Waals surface area contributed by atoms with Gasteiger partial charge in [0.1, 0.15) is 17.6 Å². The number of primary amides is 1. The number of nitrogens with two attached hydrogens (primary N) is 1. The normalized spacial score (nSPS) is 21.4. The van der Waals surface area contributed by atoms with Gasteiger partial charge in [0.25, 0.3) is 0 Å². The van der Waals surface area contributed by atoms with Crippen molar-refractivity contribution in [1.82, 2.24) is 20.9 Å². The minimum absolute atomic E-state index is 0.0891. The van der Waals surface area contributed by atoms with E-state index in [0.717, 1.165) is 48.7 Å². The van der Waals surface area contributed by atoms with Gasteiger partial charge in [-0.25, -0.2) is 4.79 Å². The standard InChI is InChI=1S/C29H39Cl2N5O5/c1-3-15(2)23(35-28(40)41)26(38)36-29(27(39)34-22(25(32)37)11-16-7-5-4-6-8-16)10-9-21-19(14-29)18-12-17(30)13-20(31)24(18)33-21/h12-13,15-16,22-23,33,35H,3-11,14H2,1-2H3,(H2,32,37)(H,34,39)(H,36,38)(H,40,41)/t15-,22-,23-,29+/m0/s1. The van der Waals surface area contributed by atoms with E-state index >= 15 is 0 Å². The lowest BCUT2D eigenvalue weighted by atomic mass is 9.78.